The lowest BCUT2D eigenvalue weighted by Gasteiger charge is -2.05. The average molecular weight is 336 g/mol. The summed E-state index contributed by atoms with van der Waals surface area (Å²) >= 11 is 2.22. The van der Waals surface area contributed by atoms with Gasteiger partial charge in [0.15, 0.2) is 5.78 Å². The van der Waals surface area contributed by atoms with Gasteiger partial charge in [-0.1, -0.05) is 24.3 Å². The van der Waals surface area contributed by atoms with Crippen LogP contribution in [-0.4, -0.2) is 5.78 Å². The number of hydrogen-bond acceptors (Lipinski definition) is 1. The molecule has 0 atom stereocenters. The minimum Gasteiger partial charge on any atom is -0.289 e. The maximum Gasteiger partial charge on any atom is 0.193 e. The van der Waals surface area contributed by atoms with Crippen LogP contribution in [0.5, 0.6) is 0 Å². The molecule has 0 fully saturated rings. The maximum absolute atomic E-state index is 12.3. The molecule has 0 spiro atoms. The van der Waals surface area contributed by atoms with Crippen LogP contribution >= 0.6 is 22.6 Å². The summed E-state index contributed by atoms with van der Waals surface area (Å²) in [6.45, 7) is 4.08. The van der Waals surface area contributed by atoms with Gasteiger partial charge in [-0.05, 0) is 65.8 Å². The summed E-state index contributed by atoms with van der Waals surface area (Å²) in [6.07, 6.45) is 0. The van der Waals surface area contributed by atoms with Crippen LogP contribution in [0.4, 0.5) is 0 Å². The highest BCUT2D eigenvalue weighted by atomic mass is 127. The quantitative estimate of drug-likeness (QED) is 0.595. The number of ketones is 1. The predicted octanol–water partition coefficient (Wildman–Crippen LogP) is 4.14. The van der Waals surface area contributed by atoms with Gasteiger partial charge >= 0.3 is 0 Å². The zero-order valence-electron chi connectivity index (χ0n) is 9.83. The second-order valence-corrected chi connectivity index (χ2v) is 5.38. The molecule has 0 saturated carbocycles. The van der Waals surface area contributed by atoms with Gasteiger partial charge in [0.25, 0.3) is 0 Å². The minimum atomic E-state index is 0.0895. The zero-order chi connectivity index (χ0) is 12.4. The molecular formula is C15H13IO. The summed E-state index contributed by atoms with van der Waals surface area (Å²) in [7, 11) is 0. The summed E-state index contributed by atoms with van der Waals surface area (Å²) in [6, 6.07) is 13.5. The van der Waals surface area contributed by atoms with Crippen LogP contribution in [0.2, 0.25) is 0 Å². The molecule has 17 heavy (non-hydrogen) atoms. The van der Waals surface area contributed by atoms with Crippen molar-refractivity contribution in [2.75, 3.05) is 0 Å². The molecule has 0 saturated heterocycles. The first-order valence-corrected chi connectivity index (χ1v) is 6.53. The first kappa shape index (κ1) is 12.3. The van der Waals surface area contributed by atoms with E-state index in [9.17, 15) is 4.79 Å². The molecular weight excluding hydrogens is 323 g/mol. The van der Waals surface area contributed by atoms with E-state index < -0.39 is 0 Å². The molecule has 0 aliphatic heterocycles. The molecule has 0 aliphatic carbocycles. The van der Waals surface area contributed by atoms with E-state index in [0.717, 1.165) is 20.3 Å². The second-order valence-electron chi connectivity index (χ2n) is 4.14. The van der Waals surface area contributed by atoms with Crippen LogP contribution in [0.15, 0.2) is 42.5 Å². The fourth-order valence-electron chi connectivity index (χ4n) is 1.68. The smallest absolute Gasteiger partial charge is 0.193 e. The summed E-state index contributed by atoms with van der Waals surface area (Å²) in [4.78, 5) is 12.3. The standard InChI is InChI=1S/C15H13IO/c1-10-6-7-13(8-11(10)2)15(17)12-4-3-5-14(16)9-12/h3-9H,1-2H3. The fraction of sp³-hybridized carbons (Fsp3) is 0.133. The zero-order valence-corrected chi connectivity index (χ0v) is 12.0. The number of carbonyl (C=O) groups is 1. The van der Waals surface area contributed by atoms with Gasteiger partial charge in [0, 0.05) is 14.7 Å². The van der Waals surface area contributed by atoms with E-state index in [0.29, 0.717) is 0 Å². The van der Waals surface area contributed by atoms with Crippen molar-refractivity contribution in [1.29, 1.82) is 0 Å². The Labute approximate surface area is 115 Å². The summed E-state index contributed by atoms with van der Waals surface area (Å²) < 4.78 is 1.08. The molecule has 2 aromatic carbocycles. The van der Waals surface area contributed by atoms with Crippen LogP contribution in [0.25, 0.3) is 0 Å². The summed E-state index contributed by atoms with van der Waals surface area (Å²) in [5.74, 6) is 0.0895. The predicted molar refractivity (Wildman–Crippen MR) is 78.5 cm³/mol. The van der Waals surface area contributed by atoms with Crippen molar-refractivity contribution in [3.63, 3.8) is 0 Å². The first-order valence-electron chi connectivity index (χ1n) is 5.45. The van der Waals surface area contributed by atoms with Crippen LogP contribution < -0.4 is 0 Å². The van der Waals surface area contributed by atoms with E-state index >= 15 is 0 Å². The SMILES string of the molecule is Cc1ccc(C(=O)c2cccc(I)c2)cc1C. The third-order valence-electron chi connectivity index (χ3n) is 2.86. The van der Waals surface area contributed by atoms with Gasteiger partial charge in [-0.25, -0.2) is 0 Å². The Hall–Kier alpha value is -1.16. The number of halogens is 1. The van der Waals surface area contributed by atoms with E-state index in [1.807, 2.05) is 49.4 Å². The molecule has 86 valence electrons. The Kier molecular flexibility index (Phi) is 3.62. The van der Waals surface area contributed by atoms with Crippen molar-refractivity contribution < 1.29 is 4.79 Å². The Morgan fingerprint density at radius 3 is 2.29 bits per heavy atom. The average Bonchev–Trinajstić information content (AvgIpc) is 2.32. The summed E-state index contributed by atoms with van der Waals surface area (Å²) in [5.41, 5.74) is 3.88. The molecule has 1 nitrogen and oxygen atoms in total. The molecule has 0 radical (unpaired) electrons. The molecule has 0 bridgehead atoms. The normalized spacial score (nSPS) is 10.3. The van der Waals surface area contributed by atoms with Crippen molar-refractivity contribution in [2.24, 2.45) is 0 Å². The molecule has 2 heteroatoms. The lowest BCUT2D eigenvalue weighted by molar-refractivity contribution is 0.103. The third-order valence-corrected chi connectivity index (χ3v) is 3.53. The molecule has 0 N–H and O–H groups in total. The van der Waals surface area contributed by atoms with E-state index in [1.165, 1.54) is 5.56 Å². The minimum absolute atomic E-state index is 0.0895. The highest BCUT2D eigenvalue weighted by Crippen LogP contribution is 2.16. The van der Waals surface area contributed by atoms with Gasteiger partial charge in [0.2, 0.25) is 0 Å². The highest BCUT2D eigenvalue weighted by molar-refractivity contribution is 14.1. The topological polar surface area (TPSA) is 17.1 Å². The van der Waals surface area contributed by atoms with Crippen molar-refractivity contribution in [1.82, 2.24) is 0 Å². The lowest BCUT2D eigenvalue weighted by Crippen LogP contribution is -2.02. The van der Waals surface area contributed by atoms with Gasteiger partial charge < -0.3 is 0 Å². The molecule has 0 amide bonds. The monoisotopic (exact) mass is 336 g/mol. The Morgan fingerprint density at radius 1 is 0.941 bits per heavy atom. The van der Waals surface area contributed by atoms with E-state index in [1.54, 1.807) is 0 Å². The molecule has 0 aromatic heterocycles. The van der Waals surface area contributed by atoms with Crippen LogP contribution in [0.3, 0.4) is 0 Å². The Balaban J connectivity index is 2.40. The van der Waals surface area contributed by atoms with E-state index in [-0.39, 0.29) is 5.78 Å². The molecule has 0 heterocycles. The van der Waals surface area contributed by atoms with E-state index in [4.69, 9.17) is 0 Å². The van der Waals surface area contributed by atoms with Gasteiger partial charge in [0.05, 0.1) is 0 Å². The molecule has 2 aromatic rings. The largest absolute Gasteiger partial charge is 0.289 e. The van der Waals surface area contributed by atoms with Gasteiger partial charge in [-0.15, -0.1) is 0 Å². The summed E-state index contributed by atoms with van der Waals surface area (Å²) in [5, 5.41) is 0. The Morgan fingerprint density at radius 2 is 1.65 bits per heavy atom. The molecule has 2 rings (SSSR count). The Bertz CT molecular complexity index is 573. The number of hydrogen-bond donors (Lipinski definition) is 0. The van der Waals surface area contributed by atoms with Crippen molar-refractivity contribution in [3.05, 3.63) is 68.3 Å². The fourth-order valence-corrected chi connectivity index (χ4v) is 2.22. The van der Waals surface area contributed by atoms with Crippen LogP contribution in [0.1, 0.15) is 27.0 Å². The third kappa shape index (κ3) is 2.75. The van der Waals surface area contributed by atoms with Crippen LogP contribution in [-0.2, 0) is 0 Å². The van der Waals surface area contributed by atoms with Crippen molar-refractivity contribution >= 4 is 28.4 Å². The number of benzene rings is 2. The highest BCUT2D eigenvalue weighted by Gasteiger charge is 2.09. The van der Waals surface area contributed by atoms with Gasteiger partial charge in [-0.3, -0.25) is 4.79 Å². The van der Waals surface area contributed by atoms with Gasteiger partial charge in [-0.2, -0.15) is 0 Å². The van der Waals surface area contributed by atoms with Gasteiger partial charge in [0.1, 0.15) is 0 Å². The molecule has 0 aliphatic rings. The molecule has 0 unspecified atom stereocenters. The van der Waals surface area contributed by atoms with E-state index in [2.05, 4.69) is 29.5 Å². The number of carbonyl (C=O) groups excluding carboxylic acids is 1. The first-order chi connectivity index (χ1) is 8.08. The number of aryl methyl sites for hydroxylation is 2. The number of rotatable bonds is 2. The van der Waals surface area contributed by atoms with Crippen molar-refractivity contribution in [3.8, 4) is 0 Å². The van der Waals surface area contributed by atoms with Crippen molar-refractivity contribution in [2.45, 2.75) is 13.8 Å². The van der Waals surface area contributed by atoms with Crippen LogP contribution in [0, 0.1) is 17.4 Å². The lowest BCUT2D eigenvalue weighted by atomic mass is 9.99. The second kappa shape index (κ2) is 5.00. The maximum atomic E-state index is 12.3.